The van der Waals surface area contributed by atoms with Gasteiger partial charge in [0.25, 0.3) is 0 Å². The van der Waals surface area contributed by atoms with Crippen LogP contribution in [0, 0.1) is 5.92 Å². The summed E-state index contributed by atoms with van der Waals surface area (Å²) in [4.78, 5) is 0. The summed E-state index contributed by atoms with van der Waals surface area (Å²) in [5.41, 5.74) is 0. The zero-order chi connectivity index (χ0) is 8.36. The first-order valence-corrected chi connectivity index (χ1v) is 3.46. The summed E-state index contributed by atoms with van der Waals surface area (Å²) in [6.07, 6.45) is -1.70. The van der Waals surface area contributed by atoms with Gasteiger partial charge in [-0.3, -0.25) is 0 Å². The van der Waals surface area contributed by atoms with Crippen LogP contribution in [-0.4, -0.2) is 16.6 Å². The number of hydrogen-bond donors (Lipinski definition) is 1. The van der Waals surface area contributed by atoms with Crippen molar-refractivity contribution in [2.24, 2.45) is 5.92 Å². The second-order valence-electron chi connectivity index (χ2n) is 2.69. The smallest absolute Gasteiger partial charge is 0.347 e. The molecule has 1 unspecified atom stereocenters. The molecule has 1 atom stereocenters. The van der Waals surface area contributed by atoms with Crippen LogP contribution < -0.4 is 0 Å². The number of rotatable bonds is 3. The van der Waals surface area contributed by atoms with Crippen molar-refractivity contribution in [3.8, 4) is 0 Å². The molecular formula is C6H11ClF2O. The Kier molecular flexibility index (Phi) is 3.52. The van der Waals surface area contributed by atoms with E-state index in [-0.39, 0.29) is 12.3 Å². The molecule has 4 heteroatoms. The van der Waals surface area contributed by atoms with Gasteiger partial charge >= 0.3 is 5.38 Å². The average molecular weight is 173 g/mol. The van der Waals surface area contributed by atoms with Crippen molar-refractivity contribution in [2.45, 2.75) is 31.8 Å². The van der Waals surface area contributed by atoms with Gasteiger partial charge < -0.3 is 5.11 Å². The summed E-state index contributed by atoms with van der Waals surface area (Å²) in [7, 11) is 0. The van der Waals surface area contributed by atoms with Gasteiger partial charge in [0.2, 0.25) is 0 Å². The maximum absolute atomic E-state index is 12.0. The minimum absolute atomic E-state index is 0.0243. The highest BCUT2D eigenvalue weighted by atomic mass is 35.5. The highest BCUT2D eigenvalue weighted by Crippen LogP contribution is 2.27. The second-order valence-corrected chi connectivity index (χ2v) is 3.19. The fourth-order valence-corrected chi connectivity index (χ4v) is 0.669. The molecule has 0 aromatic carbocycles. The van der Waals surface area contributed by atoms with E-state index in [0.29, 0.717) is 0 Å². The van der Waals surface area contributed by atoms with Crippen molar-refractivity contribution in [3.05, 3.63) is 0 Å². The molecule has 0 aromatic heterocycles. The van der Waals surface area contributed by atoms with Crippen molar-refractivity contribution in [1.82, 2.24) is 0 Å². The van der Waals surface area contributed by atoms with Gasteiger partial charge in [0.1, 0.15) is 6.10 Å². The molecule has 0 amide bonds. The Labute approximate surface area is 64.0 Å². The number of aliphatic hydroxyl groups excluding tert-OH is 1. The molecule has 62 valence electrons. The molecule has 0 bridgehead atoms. The van der Waals surface area contributed by atoms with Gasteiger partial charge in [-0.1, -0.05) is 13.8 Å². The Balaban J connectivity index is 3.73. The Hall–Kier alpha value is 0.110. The van der Waals surface area contributed by atoms with Crippen LogP contribution in [0.4, 0.5) is 8.78 Å². The zero-order valence-corrected chi connectivity index (χ0v) is 6.70. The van der Waals surface area contributed by atoms with Crippen LogP contribution in [0.2, 0.25) is 0 Å². The molecule has 0 aromatic rings. The standard InChI is InChI=1S/C6H11ClF2O/c1-4(2)3-5(10)6(7,8)9/h4-5,10H,3H2,1-2H3. The van der Waals surface area contributed by atoms with Gasteiger partial charge in [-0.25, -0.2) is 0 Å². The van der Waals surface area contributed by atoms with Gasteiger partial charge in [0, 0.05) is 0 Å². The van der Waals surface area contributed by atoms with E-state index in [9.17, 15) is 8.78 Å². The number of aliphatic hydroxyl groups is 1. The van der Waals surface area contributed by atoms with Gasteiger partial charge in [0.15, 0.2) is 0 Å². The second kappa shape index (κ2) is 3.49. The van der Waals surface area contributed by atoms with Crippen LogP contribution in [0.25, 0.3) is 0 Å². The SMILES string of the molecule is CC(C)CC(O)C(F)(F)Cl. The minimum Gasteiger partial charge on any atom is -0.385 e. The predicted octanol–water partition coefficient (Wildman–Crippen LogP) is 2.23. The van der Waals surface area contributed by atoms with E-state index in [0.717, 1.165) is 0 Å². The topological polar surface area (TPSA) is 20.2 Å². The highest BCUT2D eigenvalue weighted by Gasteiger charge is 2.35. The van der Waals surface area contributed by atoms with Crippen LogP contribution in [0.1, 0.15) is 20.3 Å². The molecule has 0 aliphatic heterocycles. The van der Waals surface area contributed by atoms with E-state index in [1.165, 1.54) is 0 Å². The molecule has 0 aliphatic carbocycles. The average Bonchev–Trinajstić information content (AvgIpc) is 1.60. The van der Waals surface area contributed by atoms with E-state index in [4.69, 9.17) is 5.11 Å². The third kappa shape index (κ3) is 4.01. The quantitative estimate of drug-likeness (QED) is 0.648. The summed E-state index contributed by atoms with van der Waals surface area (Å²) in [6.45, 7) is 3.48. The molecule has 0 fully saturated rings. The largest absolute Gasteiger partial charge is 0.385 e. The van der Waals surface area contributed by atoms with Crippen molar-refractivity contribution in [1.29, 1.82) is 0 Å². The molecule has 0 rings (SSSR count). The van der Waals surface area contributed by atoms with E-state index >= 15 is 0 Å². The molecule has 10 heavy (non-hydrogen) atoms. The zero-order valence-electron chi connectivity index (χ0n) is 5.94. The van der Waals surface area contributed by atoms with Crippen LogP contribution in [0.5, 0.6) is 0 Å². The molecule has 1 nitrogen and oxygen atoms in total. The lowest BCUT2D eigenvalue weighted by Gasteiger charge is -2.17. The number of halogens is 3. The summed E-state index contributed by atoms with van der Waals surface area (Å²) in [5.74, 6) is 0.0274. The van der Waals surface area contributed by atoms with Crippen molar-refractivity contribution < 1.29 is 13.9 Å². The van der Waals surface area contributed by atoms with Crippen molar-refractivity contribution >= 4 is 11.6 Å². The van der Waals surface area contributed by atoms with Gasteiger partial charge in [0.05, 0.1) is 0 Å². The number of alkyl halides is 3. The van der Waals surface area contributed by atoms with Crippen molar-refractivity contribution in [2.75, 3.05) is 0 Å². The van der Waals surface area contributed by atoms with E-state index in [2.05, 4.69) is 11.6 Å². The maximum atomic E-state index is 12.0. The molecule has 0 spiro atoms. The van der Waals surface area contributed by atoms with Crippen molar-refractivity contribution in [3.63, 3.8) is 0 Å². The molecule has 1 N–H and O–H groups in total. The molecule has 0 radical (unpaired) electrons. The van der Waals surface area contributed by atoms with Gasteiger partial charge in [-0.15, -0.1) is 0 Å². The highest BCUT2D eigenvalue weighted by molar-refractivity contribution is 6.22. The first-order valence-electron chi connectivity index (χ1n) is 3.09. The summed E-state index contributed by atoms with van der Waals surface area (Å²) < 4.78 is 24.0. The first-order chi connectivity index (χ1) is 4.34. The first kappa shape index (κ1) is 10.1. The minimum atomic E-state index is -3.48. The summed E-state index contributed by atoms with van der Waals surface area (Å²) in [6, 6.07) is 0. The Bertz CT molecular complexity index is 100. The van der Waals surface area contributed by atoms with E-state index in [1.54, 1.807) is 13.8 Å². The maximum Gasteiger partial charge on any atom is 0.347 e. The lowest BCUT2D eigenvalue weighted by atomic mass is 10.1. The fourth-order valence-electron chi connectivity index (χ4n) is 0.580. The van der Waals surface area contributed by atoms with Crippen LogP contribution in [0.15, 0.2) is 0 Å². The lowest BCUT2D eigenvalue weighted by molar-refractivity contribution is -0.0496. The normalized spacial score (nSPS) is 15.9. The third-order valence-corrected chi connectivity index (χ3v) is 1.32. The molecular weight excluding hydrogens is 162 g/mol. The Morgan fingerprint density at radius 2 is 1.90 bits per heavy atom. The molecule has 0 aliphatic rings. The Morgan fingerprint density at radius 1 is 1.50 bits per heavy atom. The van der Waals surface area contributed by atoms with Gasteiger partial charge in [-0.05, 0) is 23.9 Å². The molecule has 0 saturated carbocycles. The Morgan fingerprint density at radius 3 is 2.00 bits per heavy atom. The lowest BCUT2D eigenvalue weighted by Crippen LogP contribution is -2.28. The molecule has 0 saturated heterocycles. The number of hydrogen-bond acceptors (Lipinski definition) is 1. The van der Waals surface area contributed by atoms with Crippen LogP contribution in [-0.2, 0) is 0 Å². The van der Waals surface area contributed by atoms with Gasteiger partial charge in [-0.2, -0.15) is 8.78 Å². The van der Waals surface area contributed by atoms with Crippen LogP contribution in [0.3, 0.4) is 0 Å². The fraction of sp³-hybridized carbons (Fsp3) is 1.00. The molecule has 0 heterocycles. The van der Waals surface area contributed by atoms with E-state index < -0.39 is 11.5 Å². The van der Waals surface area contributed by atoms with Crippen LogP contribution >= 0.6 is 11.6 Å². The predicted molar refractivity (Wildman–Crippen MR) is 36.3 cm³/mol. The summed E-state index contributed by atoms with van der Waals surface area (Å²) in [5, 5.41) is 5.19. The van der Waals surface area contributed by atoms with E-state index in [1.807, 2.05) is 0 Å². The monoisotopic (exact) mass is 172 g/mol. The summed E-state index contributed by atoms with van der Waals surface area (Å²) >= 11 is 4.54. The third-order valence-electron chi connectivity index (χ3n) is 1.07.